The number of rotatable bonds is 7. The molecule has 0 unspecified atom stereocenters. The minimum atomic E-state index is 0.987. The van der Waals surface area contributed by atoms with Crippen molar-refractivity contribution in [2.45, 2.75) is 40.2 Å². The van der Waals surface area contributed by atoms with Crippen LogP contribution in [0, 0.1) is 13.8 Å². The van der Waals surface area contributed by atoms with E-state index in [0.29, 0.717) is 0 Å². The molecule has 0 saturated carbocycles. The molecular formula is C60H47N. The molecule has 1 nitrogen and oxygen atoms in total. The lowest BCUT2D eigenvalue weighted by Crippen LogP contribution is -1.99. The molecule has 1 heteroatoms. The lowest BCUT2D eigenvalue weighted by atomic mass is 9.84. The van der Waals surface area contributed by atoms with Crippen LogP contribution in [-0.4, -0.2) is 4.57 Å². The first-order chi connectivity index (χ1) is 30.0. The fourth-order valence-corrected chi connectivity index (χ4v) is 9.92. The Kier molecular flexibility index (Phi) is 9.12. The van der Waals surface area contributed by atoms with Crippen molar-refractivity contribution in [2.75, 3.05) is 0 Å². The van der Waals surface area contributed by atoms with Crippen LogP contribution >= 0.6 is 0 Å². The van der Waals surface area contributed by atoms with Crippen LogP contribution in [0.5, 0.6) is 0 Å². The number of fused-ring (bicyclic) bond motifs is 5. The van der Waals surface area contributed by atoms with Gasteiger partial charge in [-0.05, 0) is 146 Å². The zero-order valence-electron chi connectivity index (χ0n) is 35.0. The van der Waals surface area contributed by atoms with E-state index in [0.717, 1.165) is 19.4 Å². The van der Waals surface area contributed by atoms with Gasteiger partial charge in [-0.3, -0.25) is 0 Å². The number of hydrogen-bond donors (Lipinski definition) is 0. The van der Waals surface area contributed by atoms with Crippen LogP contribution in [0.4, 0.5) is 0 Å². The van der Waals surface area contributed by atoms with Gasteiger partial charge in [-0.15, -0.1) is 0 Å². The molecule has 9 aromatic carbocycles. The van der Waals surface area contributed by atoms with E-state index in [1.165, 1.54) is 122 Å². The van der Waals surface area contributed by atoms with E-state index in [4.69, 9.17) is 0 Å². The quantitative estimate of drug-likeness (QED) is 0.142. The first kappa shape index (κ1) is 36.8. The molecule has 1 aromatic heterocycles. The summed E-state index contributed by atoms with van der Waals surface area (Å²) in [6.45, 7) is 7.65. The zero-order chi connectivity index (χ0) is 41.0. The van der Waals surface area contributed by atoms with Gasteiger partial charge < -0.3 is 4.57 Å². The third-order valence-corrected chi connectivity index (χ3v) is 13.0. The number of hydrogen-bond acceptors (Lipinski definition) is 0. The Hall–Kier alpha value is -7.22. The molecule has 0 N–H and O–H groups in total. The average Bonchev–Trinajstić information content (AvgIpc) is 3.64. The highest BCUT2D eigenvalue weighted by Gasteiger charge is 2.19. The normalized spacial score (nSPS) is 12.4. The van der Waals surface area contributed by atoms with E-state index in [1.54, 1.807) is 0 Å². The van der Waals surface area contributed by atoms with Crippen LogP contribution in [0.2, 0.25) is 0 Å². The second-order valence-corrected chi connectivity index (χ2v) is 16.8. The predicted octanol–water partition coefficient (Wildman–Crippen LogP) is 16.5. The molecule has 0 aliphatic heterocycles. The Labute approximate surface area is 358 Å². The maximum absolute atomic E-state index is 2.46. The Morgan fingerprint density at radius 3 is 1.30 bits per heavy atom. The lowest BCUT2D eigenvalue weighted by molar-refractivity contribution is 0.778. The highest BCUT2D eigenvalue weighted by Crippen LogP contribution is 2.45. The SMILES string of the molecule is CCn1c2c(c3cc(-c4ccc(-c5ccc(-c6c7ccc(C)cc7c(-c7ccc(-c8ccc(-c9ccccc9)cc8)cc7)c7ccc(C)cc67)cc5)cc4)ccc31)CCC=C2. The minimum absolute atomic E-state index is 0.987. The van der Waals surface area contributed by atoms with Crippen molar-refractivity contribution >= 4 is 38.5 Å². The molecule has 11 rings (SSSR count). The van der Waals surface area contributed by atoms with Crippen molar-refractivity contribution in [1.82, 2.24) is 4.57 Å². The lowest BCUT2D eigenvalue weighted by Gasteiger charge is -2.19. The van der Waals surface area contributed by atoms with Gasteiger partial charge in [0.05, 0.1) is 0 Å². The second kappa shape index (κ2) is 15.1. The fraction of sp³-hybridized carbons (Fsp3) is 0.100. The first-order valence-corrected chi connectivity index (χ1v) is 21.8. The van der Waals surface area contributed by atoms with Gasteiger partial charge in [0.1, 0.15) is 0 Å². The Morgan fingerprint density at radius 2 is 0.820 bits per heavy atom. The van der Waals surface area contributed by atoms with Crippen molar-refractivity contribution < 1.29 is 0 Å². The van der Waals surface area contributed by atoms with Crippen molar-refractivity contribution in [2.24, 2.45) is 0 Å². The Balaban J connectivity index is 0.936. The van der Waals surface area contributed by atoms with Crippen molar-refractivity contribution in [3.8, 4) is 66.8 Å². The molecule has 292 valence electrons. The van der Waals surface area contributed by atoms with E-state index in [2.05, 4.69) is 219 Å². The average molecular weight is 782 g/mol. The van der Waals surface area contributed by atoms with E-state index < -0.39 is 0 Å². The Bertz CT molecular complexity index is 3290. The minimum Gasteiger partial charge on any atom is -0.341 e. The van der Waals surface area contributed by atoms with Crippen molar-refractivity contribution in [3.05, 3.63) is 210 Å². The highest BCUT2D eigenvalue weighted by molar-refractivity contribution is 6.21. The van der Waals surface area contributed by atoms with Gasteiger partial charge in [0, 0.05) is 23.1 Å². The monoisotopic (exact) mass is 781 g/mol. The van der Waals surface area contributed by atoms with Crippen LogP contribution in [0.3, 0.4) is 0 Å². The maximum atomic E-state index is 2.46. The summed E-state index contributed by atoms with van der Waals surface area (Å²) in [7, 11) is 0. The van der Waals surface area contributed by atoms with Crippen LogP contribution in [0.15, 0.2) is 188 Å². The molecule has 0 atom stereocenters. The molecule has 1 aliphatic carbocycles. The summed E-state index contributed by atoms with van der Waals surface area (Å²) in [6.07, 6.45) is 6.86. The molecule has 0 fully saturated rings. The first-order valence-electron chi connectivity index (χ1n) is 21.8. The molecule has 0 bridgehead atoms. The van der Waals surface area contributed by atoms with Crippen molar-refractivity contribution in [1.29, 1.82) is 0 Å². The topological polar surface area (TPSA) is 4.93 Å². The summed E-state index contributed by atoms with van der Waals surface area (Å²) in [5.74, 6) is 0. The number of benzene rings is 9. The Morgan fingerprint density at radius 1 is 0.393 bits per heavy atom. The summed E-state index contributed by atoms with van der Waals surface area (Å²) in [5.41, 5.74) is 21.7. The van der Waals surface area contributed by atoms with Crippen LogP contribution in [-0.2, 0) is 13.0 Å². The molecule has 1 heterocycles. The third kappa shape index (κ3) is 6.49. The molecular weight excluding hydrogens is 735 g/mol. The molecule has 10 aromatic rings. The van der Waals surface area contributed by atoms with Gasteiger partial charge in [0.2, 0.25) is 0 Å². The number of allylic oxidation sites excluding steroid dienone is 1. The summed E-state index contributed by atoms with van der Waals surface area (Å²) in [6, 6.07) is 68.0. The molecule has 1 aliphatic rings. The largest absolute Gasteiger partial charge is 0.341 e. The second-order valence-electron chi connectivity index (χ2n) is 16.8. The van der Waals surface area contributed by atoms with Crippen molar-refractivity contribution in [3.63, 3.8) is 0 Å². The zero-order valence-corrected chi connectivity index (χ0v) is 35.0. The smallest absolute Gasteiger partial charge is 0.0488 e. The molecule has 0 amide bonds. The van der Waals surface area contributed by atoms with Crippen LogP contribution in [0.25, 0.3) is 105 Å². The van der Waals surface area contributed by atoms with E-state index in [-0.39, 0.29) is 0 Å². The molecule has 61 heavy (non-hydrogen) atoms. The van der Waals surface area contributed by atoms with E-state index >= 15 is 0 Å². The van der Waals surface area contributed by atoms with Crippen LogP contribution < -0.4 is 0 Å². The van der Waals surface area contributed by atoms with Gasteiger partial charge >= 0.3 is 0 Å². The number of aromatic nitrogens is 1. The van der Waals surface area contributed by atoms with Crippen LogP contribution in [0.1, 0.15) is 35.7 Å². The predicted molar refractivity (Wildman–Crippen MR) is 262 cm³/mol. The molecule has 0 spiro atoms. The number of aryl methyl sites for hydroxylation is 4. The summed E-state index contributed by atoms with van der Waals surface area (Å²) < 4.78 is 2.46. The van der Waals surface area contributed by atoms with E-state index in [1.807, 2.05) is 0 Å². The van der Waals surface area contributed by atoms with Gasteiger partial charge in [0.25, 0.3) is 0 Å². The van der Waals surface area contributed by atoms with Gasteiger partial charge in [0.15, 0.2) is 0 Å². The highest BCUT2D eigenvalue weighted by atomic mass is 15.0. The third-order valence-electron chi connectivity index (χ3n) is 13.0. The summed E-state index contributed by atoms with van der Waals surface area (Å²) in [4.78, 5) is 0. The van der Waals surface area contributed by atoms with Gasteiger partial charge in [-0.25, -0.2) is 0 Å². The van der Waals surface area contributed by atoms with Gasteiger partial charge in [-0.1, -0.05) is 187 Å². The number of nitrogens with zero attached hydrogens (tertiary/aromatic N) is 1. The molecule has 0 radical (unpaired) electrons. The van der Waals surface area contributed by atoms with Gasteiger partial charge in [-0.2, -0.15) is 0 Å². The van der Waals surface area contributed by atoms with E-state index in [9.17, 15) is 0 Å². The summed E-state index contributed by atoms with van der Waals surface area (Å²) in [5, 5.41) is 6.52. The fourth-order valence-electron chi connectivity index (χ4n) is 9.92. The standard InChI is InChI=1S/C60H47N/c1-4-61-57-13-9-8-12-51(57)54-38-50(32-35-58(54)61)47-22-20-44(21-23-47)46-26-30-49(31-27-46)60-53-34-15-39(2)36-55(53)59(52-33-14-40(3)37-56(52)60)48-28-24-45(25-29-48)43-18-16-42(17-19-43)41-10-6-5-7-11-41/h5-7,9-11,13-38H,4,8,12H2,1-3H3. The maximum Gasteiger partial charge on any atom is 0.0488 e. The summed E-state index contributed by atoms with van der Waals surface area (Å²) >= 11 is 0. The molecule has 0 saturated heterocycles.